The second-order valence-electron chi connectivity index (χ2n) is 9.69. The number of hydrogen-bond acceptors (Lipinski definition) is 4. The molecule has 1 fully saturated rings. The van der Waals surface area contributed by atoms with Gasteiger partial charge in [0.2, 0.25) is 0 Å². The van der Waals surface area contributed by atoms with Crippen molar-refractivity contribution >= 4 is 23.6 Å². The van der Waals surface area contributed by atoms with Gasteiger partial charge in [-0.15, -0.1) is 0 Å². The van der Waals surface area contributed by atoms with Crippen molar-refractivity contribution in [2.24, 2.45) is 0 Å². The molecule has 1 aromatic carbocycles. The molecule has 33 heavy (non-hydrogen) atoms. The predicted octanol–water partition coefficient (Wildman–Crippen LogP) is 4.99. The summed E-state index contributed by atoms with van der Waals surface area (Å²) in [4.78, 5) is 25.5. The van der Waals surface area contributed by atoms with Crippen molar-refractivity contribution in [2.45, 2.75) is 77.5 Å². The number of alkyl carbamates (subject to hydrolysis) is 1. The van der Waals surface area contributed by atoms with Crippen LogP contribution in [0.5, 0.6) is 0 Å². The Labute approximate surface area is 199 Å². The maximum Gasteiger partial charge on any atom is 0.408 e. The summed E-state index contributed by atoms with van der Waals surface area (Å²) in [6.07, 6.45) is 4.03. The number of aromatic nitrogens is 2. The average molecular weight is 479 g/mol. The number of rotatable bonds is 6. The molecule has 1 aromatic heterocycles. The van der Waals surface area contributed by atoms with Crippen LogP contribution in [0.15, 0.2) is 24.3 Å². The molecule has 0 atom stereocenters. The highest BCUT2D eigenvalue weighted by Gasteiger charge is 2.36. The summed E-state index contributed by atoms with van der Waals surface area (Å²) in [6, 6.07) is 6.04. The average Bonchev–Trinajstić information content (AvgIpc) is 3.00. The van der Waals surface area contributed by atoms with Gasteiger partial charge in [-0.25, -0.2) is 13.9 Å². The van der Waals surface area contributed by atoms with E-state index in [1.807, 2.05) is 20.8 Å². The lowest BCUT2D eigenvalue weighted by Gasteiger charge is -2.38. The molecule has 2 amide bonds. The zero-order valence-electron chi connectivity index (χ0n) is 19.6. The Morgan fingerprint density at radius 1 is 1.18 bits per heavy atom. The van der Waals surface area contributed by atoms with Crippen LogP contribution in [0, 0.1) is 12.7 Å². The molecule has 1 aliphatic rings. The zero-order chi connectivity index (χ0) is 24.2. The lowest BCUT2D eigenvalue weighted by molar-refractivity contribution is 0.0419. The third kappa shape index (κ3) is 6.69. The standard InChI is InChI=1S/C24H32ClFN4O3/c1-16-19(20(25)30(29-16)14-17-8-10-18(26)11-9-17)21(31)27-15-24(12-6-5-7-13-24)28-22(32)33-23(2,3)4/h8-11H,5-7,12-15H2,1-4H3,(H,27,31)(H,28,32). The highest BCUT2D eigenvalue weighted by Crippen LogP contribution is 2.29. The topological polar surface area (TPSA) is 85.3 Å². The van der Waals surface area contributed by atoms with Gasteiger partial charge >= 0.3 is 6.09 Å². The van der Waals surface area contributed by atoms with Gasteiger partial charge in [-0.1, -0.05) is 43.0 Å². The molecule has 1 heterocycles. The normalized spacial score (nSPS) is 15.7. The van der Waals surface area contributed by atoms with Crippen LogP contribution in [-0.4, -0.2) is 39.5 Å². The van der Waals surface area contributed by atoms with E-state index in [0.29, 0.717) is 17.8 Å². The number of benzene rings is 1. The van der Waals surface area contributed by atoms with E-state index in [9.17, 15) is 14.0 Å². The number of carbonyl (C=O) groups is 2. The Morgan fingerprint density at radius 3 is 2.42 bits per heavy atom. The third-order valence-electron chi connectivity index (χ3n) is 5.70. The van der Waals surface area contributed by atoms with Gasteiger partial charge in [-0.2, -0.15) is 5.10 Å². The molecule has 0 aliphatic heterocycles. The molecule has 7 nitrogen and oxygen atoms in total. The highest BCUT2D eigenvalue weighted by molar-refractivity contribution is 6.33. The van der Waals surface area contributed by atoms with Crippen LogP contribution >= 0.6 is 11.6 Å². The third-order valence-corrected chi connectivity index (χ3v) is 6.09. The van der Waals surface area contributed by atoms with Crippen molar-refractivity contribution in [3.8, 4) is 0 Å². The first-order chi connectivity index (χ1) is 15.5. The largest absolute Gasteiger partial charge is 0.444 e. The first-order valence-electron chi connectivity index (χ1n) is 11.2. The zero-order valence-corrected chi connectivity index (χ0v) is 20.4. The molecule has 9 heteroatoms. The maximum absolute atomic E-state index is 13.2. The second-order valence-corrected chi connectivity index (χ2v) is 10.0. The summed E-state index contributed by atoms with van der Waals surface area (Å²) in [5.74, 6) is -0.669. The number of nitrogens with one attached hydrogen (secondary N) is 2. The molecule has 0 saturated heterocycles. The van der Waals surface area contributed by atoms with Crippen molar-refractivity contribution in [1.82, 2.24) is 20.4 Å². The number of halogens is 2. The van der Waals surface area contributed by atoms with Gasteiger partial charge in [0.15, 0.2) is 0 Å². The quantitative estimate of drug-likeness (QED) is 0.612. The molecule has 180 valence electrons. The van der Waals surface area contributed by atoms with E-state index < -0.39 is 17.2 Å². The SMILES string of the molecule is Cc1nn(Cc2ccc(F)cc2)c(Cl)c1C(=O)NCC1(NC(=O)OC(C)(C)C)CCCCC1. The van der Waals surface area contributed by atoms with Gasteiger partial charge in [-0.3, -0.25) is 4.79 Å². The highest BCUT2D eigenvalue weighted by atomic mass is 35.5. The fourth-order valence-electron chi connectivity index (χ4n) is 4.11. The van der Waals surface area contributed by atoms with E-state index in [1.54, 1.807) is 19.1 Å². The minimum absolute atomic E-state index is 0.215. The Hall–Kier alpha value is -2.61. The van der Waals surface area contributed by atoms with Crippen molar-refractivity contribution in [2.75, 3.05) is 6.54 Å². The number of nitrogens with zero attached hydrogens (tertiary/aromatic N) is 2. The number of carbonyl (C=O) groups excluding carboxylic acids is 2. The summed E-state index contributed by atoms with van der Waals surface area (Å²) in [6.45, 7) is 7.75. The minimum Gasteiger partial charge on any atom is -0.444 e. The van der Waals surface area contributed by atoms with Gasteiger partial charge in [0.05, 0.1) is 23.3 Å². The van der Waals surface area contributed by atoms with E-state index in [4.69, 9.17) is 16.3 Å². The van der Waals surface area contributed by atoms with Crippen molar-refractivity contribution in [1.29, 1.82) is 0 Å². The van der Waals surface area contributed by atoms with Crippen LogP contribution in [-0.2, 0) is 11.3 Å². The van der Waals surface area contributed by atoms with Crippen molar-refractivity contribution in [3.63, 3.8) is 0 Å². The van der Waals surface area contributed by atoms with Crippen LogP contribution in [0.2, 0.25) is 5.15 Å². The van der Waals surface area contributed by atoms with Gasteiger partial charge in [0, 0.05) is 6.54 Å². The first-order valence-corrected chi connectivity index (χ1v) is 11.6. The monoisotopic (exact) mass is 478 g/mol. The molecule has 1 aliphatic carbocycles. The number of ether oxygens (including phenoxy) is 1. The van der Waals surface area contributed by atoms with Crippen LogP contribution in [0.1, 0.15) is 74.5 Å². The molecule has 0 bridgehead atoms. The maximum atomic E-state index is 13.2. The summed E-state index contributed by atoms with van der Waals surface area (Å²) in [7, 11) is 0. The Kier molecular flexibility index (Phi) is 7.67. The smallest absolute Gasteiger partial charge is 0.408 e. The van der Waals surface area contributed by atoms with E-state index in [2.05, 4.69) is 15.7 Å². The fraction of sp³-hybridized carbons (Fsp3) is 0.542. The van der Waals surface area contributed by atoms with Gasteiger partial charge in [-0.05, 0) is 58.2 Å². The molecule has 2 aromatic rings. The molecule has 0 radical (unpaired) electrons. The van der Waals surface area contributed by atoms with Crippen LogP contribution in [0.25, 0.3) is 0 Å². The molecule has 2 N–H and O–H groups in total. The molecule has 1 saturated carbocycles. The lowest BCUT2D eigenvalue weighted by Crippen LogP contribution is -2.57. The minimum atomic E-state index is -0.604. The van der Waals surface area contributed by atoms with Crippen molar-refractivity contribution < 1.29 is 18.7 Å². The first kappa shape index (κ1) is 25.0. The van der Waals surface area contributed by atoms with Crippen LogP contribution < -0.4 is 10.6 Å². The van der Waals surface area contributed by atoms with Crippen molar-refractivity contribution in [3.05, 3.63) is 52.1 Å². The Bertz CT molecular complexity index is 992. The fourth-order valence-corrected chi connectivity index (χ4v) is 4.43. The second kappa shape index (κ2) is 10.1. The Balaban J connectivity index is 1.70. The van der Waals surface area contributed by atoms with E-state index in [-0.39, 0.29) is 23.4 Å². The summed E-state index contributed by atoms with van der Waals surface area (Å²) in [5.41, 5.74) is 0.433. The van der Waals surface area contributed by atoms with Gasteiger partial charge in [0.1, 0.15) is 16.6 Å². The number of aryl methyl sites for hydroxylation is 1. The van der Waals surface area contributed by atoms with Crippen LogP contribution in [0.4, 0.5) is 9.18 Å². The molecular weight excluding hydrogens is 447 g/mol. The number of amides is 2. The molecular formula is C24H32ClFN4O3. The predicted molar refractivity (Wildman–Crippen MR) is 125 cm³/mol. The number of hydrogen-bond donors (Lipinski definition) is 2. The van der Waals surface area contributed by atoms with Gasteiger partial charge in [0.25, 0.3) is 5.91 Å². The summed E-state index contributed by atoms with van der Waals surface area (Å²) < 4.78 is 20.1. The Morgan fingerprint density at radius 2 is 1.82 bits per heavy atom. The summed E-state index contributed by atoms with van der Waals surface area (Å²) >= 11 is 6.49. The van der Waals surface area contributed by atoms with Crippen LogP contribution in [0.3, 0.4) is 0 Å². The summed E-state index contributed by atoms with van der Waals surface area (Å²) in [5, 5.41) is 10.6. The molecule has 3 rings (SSSR count). The molecule has 0 unspecified atom stereocenters. The van der Waals surface area contributed by atoms with Gasteiger partial charge < -0.3 is 15.4 Å². The van der Waals surface area contributed by atoms with E-state index in [1.165, 1.54) is 16.8 Å². The molecule has 0 spiro atoms. The van der Waals surface area contributed by atoms with E-state index in [0.717, 1.165) is 37.7 Å². The lowest BCUT2D eigenvalue weighted by atomic mass is 9.81. The van der Waals surface area contributed by atoms with E-state index >= 15 is 0 Å².